The fourth-order valence-corrected chi connectivity index (χ4v) is 3.22. The van der Waals surface area contributed by atoms with Gasteiger partial charge in [-0.2, -0.15) is 0 Å². The van der Waals surface area contributed by atoms with Crippen molar-refractivity contribution in [2.45, 2.75) is 39.2 Å². The Balaban J connectivity index is 2.11. The summed E-state index contributed by atoms with van der Waals surface area (Å²) in [6.45, 7) is 5.91. The van der Waals surface area contributed by atoms with Crippen LogP contribution in [0.25, 0.3) is 0 Å². The summed E-state index contributed by atoms with van der Waals surface area (Å²) in [5.74, 6) is -0.909. The average Bonchev–Trinajstić information content (AvgIpc) is 2.93. The van der Waals surface area contributed by atoms with E-state index in [-0.39, 0.29) is 17.8 Å². The minimum Gasteiger partial charge on any atom is -0.503 e. The standard InChI is InChI=1S/C21H22N2O3/c1-4-17(24)18-19(15-6-5-11-22-12-15)23(21(26)20(18)25)16-9-7-14(8-10-16)13(2)3/h5-13,19,25H,4H2,1-3H3. The summed E-state index contributed by atoms with van der Waals surface area (Å²) in [4.78, 5) is 30.8. The monoisotopic (exact) mass is 350 g/mol. The van der Waals surface area contributed by atoms with E-state index >= 15 is 0 Å². The highest BCUT2D eigenvalue weighted by Gasteiger charge is 2.43. The molecular weight excluding hydrogens is 328 g/mol. The highest BCUT2D eigenvalue weighted by atomic mass is 16.3. The van der Waals surface area contributed by atoms with Gasteiger partial charge >= 0.3 is 0 Å². The molecule has 0 saturated carbocycles. The van der Waals surface area contributed by atoms with Crippen LogP contribution in [0.5, 0.6) is 0 Å². The Morgan fingerprint density at radius 3 is 2.46 bits per heavy atom. The van der Waals surface area contributed by atoms with Crippen molar-refractivity contribution in [2.24, 2.45) is 0 Å². The molecule has 0 saturated heterocycles. The maximum atomic E-state index is 12.8. The summed E-state index contributed by atoms with van der Waals surface area (Å²) in [6, 6.07) is 10.5. The van der Waals surface area contributed by atoms with Gasteiger partial charge in [0.25, 0.3) is 5.91 Å². The van der Waals surface area contributed by atoms with Gasteiger partial charge in [0.05, 0.1) is 11.6 Å². The van der Waals surface area contributed by atoms with Crippen LogP contribution in [0.15, 0.2) is 60.1 Å². The van der Waals surface area contributed by atoms with Crippen molar-refractivity contribution >= 4 is 17.4 Å². The Morgan fingerprint density at radius 2 is 1.92 bits per heavy atom. The molecular formula is C21H22N2O3. The number of carbonyl (C=O) groups excluding carboxylic acids is 2. The first kappa shape index (κ1) is 17.9. The second-order valence-corrected chi connectivity index (χ2v) is 6.65. The number of hydrogen-bond acceptors (Lipinski definition) is 4. The molecule has 1 aliphatic heterocycles. The van der Waals surface area contributed by atoms with Gasteiger partial charge in [-0.15, -0.1) is 0 Å². The molecule has 26 heavy (non-hydrogen) atoms. The lowest BCUT2D eigenvalue weighted by Gasteiger charge is -2.27. The van der Waals surface area contributed by atoms with E-state index < -0.39 is 17.7 Å². The maximum Gasteiger partial charge on any atom is 0.294 e. The Labute approximate surface area is 153 Å². The molecule has 0 spiro atoms. The molecule has 2 aromatic rings. The average molecular weight is 350 g/mol. The van der Waals surface area contributed by atoms with Gasteiger partial charge in [0.15, 0.2) is 11.5 Å². The van der Waals surface area contributed by atoms with Gasteiger partial charge in [-0.3, -0.25) is 19.5 Å². The number of hydrogen-bond donors (Lipinski definition) is 1. The zero-order valence-electron chi connectivity index (χ0n) is 15.1. The quantitative estimate of drug-likeness (QED) is 0.882. The molecule has 3 rings (SSSR count). The molecule has 5 nitrogen and oxygen atoms in total. The third-order valence-corrected chi connectivity index (χ3v) is 4.67. The molecule has 1 aliphatic rings. The molecule has 1 aromatic heterocycles. The minimum absolute atomic E-state index is 0.137. The summed E-state index contributed by atoms with van der Waals surface area (Å²) in [5.41, 5.74) is 2.62. The molecule has 1 aromatic carbocycles. The molecule has 0 fully saturated rings. The Bertz CT molecular complexity index is 855. The lowest BCUT2D eigenvalue weighted by atomic mass is 9.95. The van der Waals surface area contributed by atoms with Gasteiger partial charge in [0, 0.05) is 24.5 Å². The van der Waals surface area contributed by atoms with E-state index in [0.29, 0.717) is 17.2 Å². The van der Waals surface area contributed by atoms with Crippen LogP contribution >= 0.6 is 0 Å². The smallest absolute Gasteiger partial charge is 0.294 e. The summed E-state index contributed by atoms with van der Waals surface area (Å²) < 4.78 is 0. The number of carbonyl (C=O) groups is 2. The van der Waals surface area contributed by atoms with Gasteiger partial charge in [-0.25, -0.2) is 0 Å². The van der Waals surface area contributed by atoms with E-state index in [4.69, 9.17) is 0 Å². The van der Waals surface area contributed by atoms with Gasteiger partial charge in [0.1, 0.15) is 0 Å². The topological polar surface area (TPSA) is 70.5 Å². The second kappa shape index (κ2) is 7.12. The number of Topliss-reactive ketones (excluding diaryl/α,β-unsaturated/α-hetero) is 1. The van der Waals surface area contributed by atoms with Crippen LogP contribution in [-0.2, 0) is 9.59 Å². The third kappa shape index (κ3) is 3.01. The fourth-order valence-electron chi connectivity index (χ4n) is 3.22. The largest absolute Gasteiger partial charge is 0.503 e. The number of nitrogens with zero attached hydrogens (tertiary/aromatic N) is 2. The number of amides is 1. The van der Waals surface area contributed by atoms with Gasteiger partial charge in [-0.05, 0) is 35.2 Å². The van der Waals surface area contributed by atoms with E-state index in [1.165, 1.54) is 4.90 Å². The summed E-state index contributed by atoms with van der Waals surface area (Å²) in [5, 5.41) is 10.4. The molecule has 2 heterocycles. The Hall–Kier alpha value is -2.95. The molecule has 5 heteroatoms. The second-order valence-electron chi connectivity index (χ2n) is 6.65. The number of aromatic nitrogens is 1. The summed E-state index contributed by atoms with van der Waals surface area (Å²) in [6.07, 6.45) is 3.46. The first-order valence-corrected chi connectivity index (χ1v) is 8.75. The van der Waals surface area contributed by atoms with E-state index in [2.05, 4.69) is 18.8 Å². The highest BCUT2D eigenvalue weighted by molar-refractivity contribution is 6.16. The molecule has 1 N–H and O–H groups in total. The van der Waals surface area contributed by atoms with Gasteiger partial charge in [0.2, 0.25) is 0 Å². The summed E-state index contributed by atoms with van der Waals surface area (Å²) >= 11 is 0. The van der Waals surface area contributed by atoms with Crippen LogP contribution in [-0.4, -0.2) is 21.8 Å². The molecule has 1 atom stereocenters. The minimum atomic E-state index is -0.673. The normalized spacial score (nSPS) is 17.3. The van der Waals surface area contributed by atoms with Crippen molar-refractivity contribution in [1.29, 1.82) is 0 Å². The number of pyridine rings is 1. The number of anilines is 1. The van der Waals surface area contributed by atoms with Gasteiger partial charge < -0.3 is 5.11 Å². The lowest BCUT2D eigenvalue weighted by molar-refractivity contribution is -0.118. The Kier molecular flexibility index (Phi) is 4.89. The molecule has 0 bridgehead atoms. The van der Waals surface area contributed by atoms with Crippen LogP contribution in [0, 0.1) is 0 Å². The molecule has 1 unspecified atom stereocenters. The maximum absolute atomic E-state index is 12.8. The van der Waals surface area contributed by atoms with Crippen LogP contribution in [0.2, 0.25) is 0 Å². The zero-order chi connectivity index (χ0) is 18.8. The summed E-state index contributed by atoms with van der Waals surface area (Å²) in [7, 11) is 0. The van der Waals surface area contributed by atoms with Crippen molar-refractivity contribution in [3.05, 3.63) is 71.3 Å². The first-order chi connectivity index (χ1) is 12.5. The lowest BCUT2D eigenvalue weighted by Crippen LogP contribution is -2.31. The van der Waals surface area contributed by atoms with Crippen LogP contribution in [0.1, 0.15) is 50.3 Å². The molecule has 1 amide bonds. The molecule has 134 valence electrons. The van der Waals surface area contributed by atoms with Crippen LogP contribution < -0.4 is 4.90 Å². The number of benzene rings is 1. The highest BCUT2D eigenvalue weighted by Crippen LogP contribution is 2.41. The number of aliphatic hydroxyl groups is 1. The number of aliphatic hydroxyl groups excluding tert-OH is 1. The van der Waals surface area contributed by atoms with E-state index in [9.17, 15) is 14.7 Å². The van der Waals surface area contributed by atoms with Crippen molar-refractivity contribution < 1.29 is 14.7 Å². The van der Waals surface area contributed by atoms with Crippen molar-refractivity contribution in [1.82, 2.24) is 4.98 Å². The van der Waals surface area contributed by atoms with E-state index in [1.54, 1.807) is 25.4 Å². The molecule has 0 aliphatic carbocycles. The van der Waals surface area contributed by atoms with Crippen molar-refractivity contribution in [3.8, 4) is 0 Å². The third-order valence-electron chi connectivity index (χ3n) is 4.67. The van der Waals surface area contributed by atoms with Crippen molar-refractivity contribution in [3.63, 3.8) is 0 Å². The predicted octanol–water partition coefficient (Wildman–Crippen LogP) is 4.08. The SMILES string of the molecule is CCC(=O)C1=C(O)C(=O)N(c2ccc(C(C)C)cc2)C1c1cccnc1. The molecule has 0 radical (unpaired) electrons. The first-order valence-electron chi connectivity index (χ1n) is 8.75. The van der Waals surface area contributed by atoms with Crippen LogP contribution in [0.3, 0.4) is 0 Å². The van der Waals surface area contributed by atoms with E-state index in [1.807, 2.05) is 30.3 Å². The van der Waals surface area contributed by atoms with E-state index in [0.717, 1.165) is 5.56 Å². The predicted molar refractivity (Wildman–Crippen MR) is 99.9 cm³/mol. The fraction of sp³-hybridized carbons (Fsp3) is 0.286. The van der Waals surface area contributed by atoms with Gasteiger partial charge in [-0.1, -0.05) is 39.0 Å². The van der Waals surface area contributed by atoms with Crippen LogP contribution in [0.4, 0.5) is 5.69 Å². The zero-order valence-corrected chi connectivity index (χ0v) is 15.1. The Morgan fingerprint density at radius 1 is 1.23 bits per heavy atom. The number of rotatable bonds is 5. The number of ketones is 1. The van der Waals surface area contributed by atoms with Crippen molar-refractivity contribution in [2.75, 3.05) is 4.90 Å².